The Labute approximate surface area is 179 Å². The Morgan fingerprint density at radius 1 is 0.903 bits per heavy atom. The van der Waals surface area contributed by atoms with Crippen LogP contribution >= 0.6 is 0 Å². The molecule has 1 aliphatic rings. The van der Waals surface area contributed by atoms with Crippen molar-refractivity contribution in [3.8, 4) is 17.2 Å². The maximum Gasteiger partial charge on any atom is 0.262 e. The molecule has 0 fully saturated rings. The summed E-state index contributed by atoms with van der Waals surface area (Å²) in [6.07, 6.45) is 0. The summed E-state index contributed by atoms with van der Waals surface area (Å²) >= 11 is 0. The van der Waals surface area contributed by atoms with Crippen LogP contribution in [0.25, 0.3) is 0 Å². The van der Waals surface area contributed by atoms with Crippen molar-refractivity contribution in [1.29, 1.82) is 0 Å². The largest absolute Gasteiger partial charge is 0.497 e. The van der Waals surface area contributed by atoms with Gasteiger partial charge in [0.05, 0.1) is 12.0 Å². The number of nitrogens with one attached hydrogen (secondary N) is 2. The molecule has 0 aliphatic carbocycles. The van der Waals surface area contributed by atoms with E-state index in [0.29, 0.717) is 41.7 Å². The van der Waals surface area contributed by atoms with Crippen molar-refractivity contribution in [2.45, 2.75) is 4.90 Å². The average Bonchev–Trinajstić information content (AvgIpc) is 2.78. The van der Waals surface area contributed by atoms with Crippen molar-refractivity contribution in [1.82, 2.24) is 0 Å². The molecule has 1 aliphatic heterocycles. The maximum absolute atomic E-state index is 12.8. The van der Waals surface area contributed by atoms with Gasteiger partial charge in [-0.15, -0.1) is 0 Å². The lowest BCUT2D eigenvalue weighted by molar-refractivity contribution is 0.102. The molecule has 0 radical (unpaired) electrons. The quantitative estimate of drug-likeness (QED) is 0.608. The summed E-state index contributed by atoms with van der Waals surface area (Å²) in [5.74, 6) is 1.11. The number of fused-ring (bicyclic) bond motifs is 1. The molecule has 4 rings (SSSR count). The van der Waals surface area contributed by atoms with E-state index in [1.165, 1.54) is 25.3 Å². The maximum atomic E-state index is 12.8. The minimum Gasteiger partial charge on any atom is -0.497 e. The van der Waals surface area contributed by atoms with E-state index in [2.05, 4.69) is 10.0 Å². The third kappa shape index (κ3) is 4.72. The van der Waals surface area contributed by atoms with Crippen LogP contribution in [-0.4, -0.2) is 34.6 Å². The molecule has 1 amide bonds. The Morgan fingerprint density at radius 2 is 1.65 bits per heavy atom. The van der Waals surface area contributed by atoms with E-state index in [-0.39, 0.29) is 16.5 Å². The van der Waals surface area contributed by atoms with Crippen LogP contribution in [0.5, 0.6) is 17.2 Å². The summed E-state index contributed by atoms with van der Waals surface area (Å²) in [7, 11) is -2.35. The summed E-state index contributed by atoms with van der Waals surface area (Å²) in [6.45, 7) is 0.774. The third-order valence-electron chi connectivity index (χ3n) is 4.53. The number of anilines is 2. The van der Waals surface area contributed by atoms with Gasteiger partial charge in [0.1, 0.15) is 19.0 Å². The second-order valence-electron chi connectivity index (χ2n) is 6.68. The van der Waals surface area contributed by atoms with Gasteiger partial charge in [-0.3, -0.25) is 9.52 Å². The molecule has 2 N–H and O–H groups in total. The fraction of sp³-hybridized carbons (Fsp3) is 0.136. The molecule has 31 heavy (non-hydrogen) atoms. The molecular formula is C22H20N2O6S. The lowest BCUT2D eigenvalue weighted by atomic mass is 10.2. The Bertz CT molecular complexity index is 1230. The number of carbonyl (C=O) groups excluding carboxylic acids is 1. The lowest BCUT2D eigenvalue weighted by Gasteiger charge is -2.19. The van der Waals surface area contributed by atoms with Gasteiger partial charge in [-0.05, 0) is 42.5 Å². The number of methoxy groups -OCH3 is 1. The summed E-state index contributed by atoms with van der Waals surface area (Å²) in [6, 6.07) is 17.6. The van der Waals surface area contributed by atoms with Gasteiger partial charge in [0.15, 0.2) is 11.5 Å². The lowest BCUT2D eigenvalue weighted by Crippen LogP contribution is -2.17. The Balaban J connectivity index is 1.52. The molecule has 0 aromatic heterocycles. The molecule has 0 atom stereocenters. The van der Waals surface area contributed by atoms with Crippen LogP contribution in [0.4, 0.5) is 11.4 Å². The van der Waals surface area contributed by atoms with Crippen molar-refractivity contribution in [3.05, 3.63) is 72.3 Å². The zero-order chi connectivity index (χ0) is 21.8. The smallest absolute Gasteiger partial charge is 0.262 e. The molecule has 8 nitrogen and oxygen atoms in total. The normalized spacial score (nSPS) is 12.7. The Kier molecular flexibility index (Phi) is 5.68. The summed E-state index contributed by atoms with van der Waals surface area (Å²) in [5, 5.41) is 2.76. The molecule has 0 unspecified atom stereocenters. The summed E-state index contributed by atoms with van der Waals surface area (Å²) in [4.78, 5) is 12.6. The van der Waals surface area contributed by atoms with Crippen LogP contribution in [0.3, 0.4) is 0 Å². The van der Waals surface area contributed by atoms with Crippen LogP contribution in [0, 0.1) is 0 Å². The Hall–Kier alpha value is -3.72. The number of benzene rings is 3. The highest BCUT2D eigenvalue weighted by atomic mass is 32.2. The van der Waals surface area contributed by atoms with Gasteiger partial charge < -0.3 is 19.5 Å². The van der Waals surface area contributed by atoms with E-state index >= 15 is 0 Å². The van der Waals surface area contributed by atoms with Gasteiger partial charge in [-0.2, -0.15) is 0 Å². The van der Waals surface area contributed by atoms with Gasteiger partial charge in [0.2, 0.25) is 0 Å². The molecule has 160 valence electrons. The van der Waals surface area contributed by atoms with Gasteiger partial charge >= 0.3 is 0 Å². The molecule has 9 heteroatoms. The fourth-order valence-corrected chi connectivity index (χ4v) is 4.10. The number of rotatable bonds is 6. The van der Waals surface area contributed by atoms with Crippen molar-refractivity contribution in [2.24, 2.45) is 0 Å². The number of amides is 1. The molecule has 0 spiro atoms. The average molecular weight is 440 g/mol. The van der Waals surface area contributed by atoms with Crippen LogP contribution in [0.2, 0.25) is 0 Å². The van der Waals surface area contributed by atoms with Crippen molar-refractivity contribution in [2.75, 3.05) is 30.4 Å². The van der Waals surface area contributed by atoms with Crippen molar-refractivity contribution >= 4 is 27.3 Å². The van der Waals surface area contributed by atoms with E-state index in [9.17, 15) is 13.2 Å². The number of ether oxygens (including phenoxy) is 3. The van der Waals surface area contributed by atoms with E-state index in [0.717, 1.165) is 0 Å². The fourth-order valence-electron chi connectivity index (χ4n) is 3.03. The molecule has 0 saturated carbocycles. The van der Waals surface area contributed by atoms with Crippen LogP contribution < -0.4 is 24.2 Å². The van der Waals surface area contributed by atoms with Crippen LogP contribution in [0.15, 0.2) is 71.6 Å². The van der Waals surface area contributed by atoms with Crippen molar-refractivity contribution < 1.29 is 27.4 Å². The highest BCUT2D eigenvalue weighted by Gasteiger charge is 2.20. The second-order valence-corrected chi connectivity index (χ2v) is 8.36. The van der Waals surface area contributed by atoms with Gasteiger partial charge in [-0.25, -0.2) is 8.42 Å². The predicted molar refractivity (Wildman–Crippen MR) is 116 cm³/mol. The molecular weight excluding hydrogens is 420 g/mol. The highest BCUT2D eigenvalue weighted by Crippen LogP contribution is 2.32. The Morgan fingerprint density at radius 3 is 2.45 bits per heavy atom. The van der Waals surface area contributed by atoms with E-state index in [1.807, 2.05) is 0 Å². The van der Waals surface area contributed by atoms with E-state index in [1.54, 1.807) is 48.5 Å². The zero-order valence-electron chi connectivity index (χ0n) is 16.6. The molecule has 1 heterocycles. The van der Waals surface area contributed by atoms with Crippen molar-refractivity contribution in [3.63, 3.8) is 0 Å². The van der Waals surface area contributed by atoms with Crippen LogP contribution in [0.1, 0.15) is 10.4 Å². The highest BCUT2D eigenvalue weighted by molar-refractivity contribution is 7.92. The SMILES string of the molecule is COc1cccc(NC(=O)c2cccc(NS(=O)(=O)c3ccc4c(c3)OCCO4)c2)c1. The number of sulfonamides is 1. The standard InChI is InChI=1S/C22H20N2O6S/c1-28-18-7-3-5-16(13-18)23-22(25)15-4-2-6-17(12-15)24-31(26,27)19-8-9-20-21(14-19)30-11-10-29-20/h2-9,12-14,24H,10-11H2,1H3,(H,23,25). The summed E-state index contributed by atoms with van der Waals surface area (Å²) < 4.78 is 44.1. The zero-order valence-corrected chi connectivity index (χ0v) is 17.4. The monoisotopic (exact) mass is 440 g/mol. The van der Waals surface area contributed by atoms with Gasteiger partial charge in [0.25, 0.3) is 15.9 Å². The first-order chi connectivity index (χ1) is 14.9. The first kappa shape index (κ1) is 20.5. The topological polar surface area (TPSA) is 103 Å². The van der Waals surface area contributed by atoms with Gasteiger partial charge in [0, 0.05) is 29.1 Å². The first-order valence-electron chi connectivity index (χ1n) is 9.42. The predicted octanol–water partition coefficient (Wildman–Crippen LogP) is 3.52. The van der Waals surface area contributed by atoms with Gasteiger partial charge in [-0.1, -0.05) is 12.1 Å². The first-order valence-corrected chi connectivity index (χ1v) is 10.9. The number of hydrogen-bond donors (Lipinski definition) is 2. The van der Waals surface area contributed by atoms with E-state index < -0.39 is 10.0 Å². The van der Waals surface area contributed by atoms with E-state index in [4.69, 9.17) is 14.2 Å². The minimum absolute atomic E-state index is 0.0305. The third-order valence-corrected chi connectivity index (χ3v) is 5.91. The number of hydrogen-bond acceptors (Lipinski definition) is 6. The number of carbonyl (C=O) groups is 1. The summed E-state index contributed by atoms with van der Waals surface area (Å²) in [5.41, 5.74) is 1.12. The molecule has 0 saturated heterocycles. The molecule has 3 aromatic rings. The second kappa shape index (κ2) is 8.57. The molecule has 0 bridgehead atoms. The minimum atomic E-state index is -3.89. The van der Waals surface area contributed by atoms with Crippen LogP contribution in [-0.2, 0) is 10.0 Å². The molecule has 3 aromatic carbocycles.